The third-order valence-electron chi connectivity index (χ3n) is 4.95. The van der Waals surface area contributed by atoms with Crippen molar-refractivity contribution in [3.8, 4) is 0 Å². The van der Waals surface area contributed by atoms with Crippen LogP contribution in [0.5, 0.6) is 0 Å². The van der Waals surface area contributed by atoms with Gasteiger partial charge < -0.3 is 20.8 Å². The number of ether oxygens (including phenoxy) is 1. The molecular formula is C18H23N3O4. The van der Waals surface area contributed by atoms with E-state index in [-0.39, 0.29) is 29.5 Å². The van der Waals surface area contributed by atoms with Crippen LogP contribution in [0.1, 0.15) is 53.8 Å². The van der Waals surface area contributed by atoms with Gasteiger partial charge in [0, 0.05) is 12.3 Å². The Morgan fingerprint density at radius 3 is 2.84 bits per heavy atom. The fraction of sp³-hybridized carbons (Fsp3) is 0.500. The maximum absolute atomic E-state index is 12.7. The number of nitrogens with one attached hydrogen (secondary N) is 2. The highest BCUT2D eigenvalue weighted by molar-refractivity contribution is 5.92. The largest absolute Gasteiger partial charge is 0.373 e. The lowest BCUT2D eigenvalue weighted by Gasteiger charge is -2.28. The first kappa shape index (κ1) is 17.4. The molecule has 3 rings (SSSR count). The van der Waals surface area contributed by atoms with Gasteiger partial charge in [0.25, 0.3) is 11.5 Å². The highest BCUT2D eigenvalue weighted by Gasteiger charge is 2.36. The number of aryl methyl sites for hydroxylation is 1. The number of nitrogens with two attached hydrogens (primary N) is 1. The highest BCUT2D eigenvalue weighted by Crippen LogP contribution is 2.31. The van der Waals surface area contributed by atoms with E-state index in [0.717, 1.165) is 29.7 Å². The number of rotatable bonds is 4. The standard InChI is InChI=1S/C18H23N3O4/c1-9(2)15-10(6-7-25-15)17(23)20-13-4-3-5-14-11(13)8-12(16(19)22)18(24)21-14/h8,10,13,15H,1,3-7H2,2H3,(H2,19,22)(H,20,23)(H,21,24)/t10-,13-,15-/m1/s1. The molecule has 1 aliphatic carbocycles. The summed E-state index contributed by atoms with van der Waals surface area (Å²) in [6.07, 6.45) is 2.68. The first-order valence-electron chi connectivity index (χ1n) is 8.51. The Labute approximate surface area is 145 Å². The van der Waals surface area contributed by atoms with Gasteiger partial charge in [-0.15, -0.1) is 0 Å². The summed E-state index contributed by atoms with van der Waals surface area (Å²) in [5, 5.41) is 3.05. The minimum absolute atomic E-state index is 0.0797. The van der Waals surface area contributed by atoms with Crippen LogP contribution in [0.4, 0.5) is 0 Å². The quantitative estimate of drug-likeness (QED) is 0.705. The van der Waals surface area contributed by atoms with E-state index in [1.807, 2.05) is 6.92 Å². The normalized spacial score (nSPS) is 25.2. The molecule has 0 radical (unpaired) electrons. The van der Waals surface area contributed by atoms with Gasteiger partial charge in [0.15, 0.2) is 0 Å². The molecule has 1 fully saturated rings. The monoisotopic (exact) mass is 345 g/mol. The second-order valence-electron chi connectivity index (χ2n) is 6.80. The minimum atomic E-state index is -0.772. The third kappa shape index (κ3) is 3.37. The lowest BCUT2D eigenvalue weighted by Crippen LogP contribution is -2.39. The van der Waals surface area contributed by atoms with Crippen LogP contribution in [0.15, 0.2) is 23.0 Å². The van der Waals surface area contributed by atoms with Crippen molar-refractivity contribution < 1.29 is 14.3 Å². The van der Waals surface area contributed by atoms with Gasteiger partial charge in [-0.1, -0.05) is 12.2 Å². The molecule has 1 aromatic heterocycles. The van der Waals surface area contributed by atoms with Crippen molar-refractivity contribution in [3.63, 3.8) is 0 Å². The number of hydrogen-bond donors (Lipinski definition) is 3. The first-order chi connectivity index (χ1) is 11.9. The van der Waals surface area contributed by atoms with E-state index >= 15 is 0 Å². The van der Waals surface area contributed by atoms with Gasteiger partial charge in [0.05, 0.1) is 18.1 Å². The second kappa shape index (κ2) is 6.84. The number of carbonyl (C=O) groups is 2. The molecule has 134 valence electrons. The van der Waals surface area contributed by atoms with E-state index in [2.05, 4.69) is 16.9 Å². The molecule has 2 heterocycles. The summed E-state index contributed by atoms with van der Waals surface area (Å²) in [5.74, 6) is -1.12. The summed E-state index contributed by atoms with van der Waals surface area (Å²) in [7, 11) is 0. The van der Waals surface area contributed by atoms with Crippen molar-refractivity contribution in [2.75, 3.05) is 6.61 Å². The highest BCUT2D eigenvalue weighted by atomic mass is 16.5. The molecule has 0 unspecified atom stereocenters. The summed E-state index contributed by atoms with van der Waals surface area (Å²) in [5.41, 5.74) is 7.06. The van der Waals surface area contributed by atoms with Crippen LogP contribution in [0.25, 0.3) is 0 Å². The number of fused-ring (bicyclic) bond motifs is 1. The van der Waals surface area contributed by atoms with E-state index in [1.54, 1.807) is 0 Å². The minimum Gasteiger partial charge on any atom is -0.373 e. The van der Waals surface area contributed by atoms with Gasteiger partial charge in [-0.05, 0) is 44.2 Å². The molecule has 2 aliphatic rings. The third-order valence-corrected chi connectivity index (χ3v) is 4.95. The van der Waals surface area contributed by atoms with Crippen LogP contribution in [0.2, 0.25) is 0 Å². The molecule has 25 heavy (non-hydrogen) atoms. The smallest absolute Gasteiger partial charge is 0.261 e. The average molecular weight is 345 g/mol. The van der Waals surface area contributed by atoms with E-state index in [0.29, 0.717) is 19.4 Å². The number of H-pyrrole nitrogens is 1. The Kier molecular flexibility index (Phi) is 4.76. The summed E-state index contributed by atoms with van der Waals surface area (Å²) >= 11 is 0. The zero-order chi connectivity index (χ0) is 18.1. The zero-order valence-corrected chi connectivity index (χ0v) is 14.3. The van der Waals surface area contributed by atoms with Crippen LogP contribution in [-0.2, 0) is 16.0 Å². The Morgan fingerprint density at radius 1 is 1.40 bits per heavy atom. The summed E-state index contributed by atoms with van der Waals surface area (Å²) in [4.78, 5) is 38.8. The van der Waals surface area contributed by atoms with Gasteiger partial charge in [0.2, 0.25) is 5.91 Å². The molecule has 7 heteroatoms. The number of amides is 2. The van der Waals surface area contributed by atoms with Crippen LogP contribution in [-0.4, -0.2) is 29.5 Å². The molecule has 2 amide bonds. The predicted molar refractivity (Wildman–Crippen MR) is 92.1 cm³/mol. The lowest BCUT2D eigenvalue weighted by atomic mass is 9.89. The van der Waals surface area contributed by atoms with Crippen molar-refractivity contribution in [3.05, 3.63) is 45.4 Å². The first-order valence-corrected chi connectivity index (χ1v) is 8.51. The van der Waals surface area contributed by atoms with Gasteiger partial charge in [-0.2, -0.15) is 0 Å². The van der Waals surface area contributed by atoms with E-state index < -0.39 is 11.5 Å². The maximum atomic E-state index is 12.7. The Bertz CT molecular complexity index is 783. The summed E-state index contributed by atoms with van der Waals surface area (Å²) < 4.78 is 5.60. The molecular weight excluding hydrogens is 322 g/mol. The molecule has 4 N–H and O–H groups in total. The SMILES string of the molecule is C=C(C)[C@H]1OCC[C@H]1C(=O)N[C@@H]1CCCc2[nH]c(=O)c(C(N)=O)cc21. The predicted octanol–water partition coefficient (Wildman–Crippen LogP) is 0.949. The number of primary amides is 1. The fourth-order valence-electron chi connectivity index (χ4n) is 3.70. The Morgan fingerprint density at radius 2 is 2.16 bits per heavy atom. The van der Waals surface area contributed by atoms with Crippen LogP contribution < -0.4 is 16.6 Å². The van der Waals surface area contributed by atoms with Crippen molar-refractivity contribution in [2.24, 2.45) is 11.7 Å². The molecule has 1 aromatic rings. The van der Waals surface area contributed by atoms with Gasteiger partial charge in [-0.25, -0.2) is 0 Å². The van der Waals surface area contributed by atoms with E-state index in [1.165, 1.54) is 6.07 Å². The molecule has 3 atom stereocenters. The van der Waals surface area contributed by atoms with E-state index in [4.69, 9.17) is 10.5 Å². The van der Waals surface area contributed by atoms with Crippen LogP contribution >= 0.6 is 0 Å². The molecule has 7 nitrogen and oxygen atoms in total. The van der Waals surface area contributed by atoms with E-state index in [9.17, 15) is 14.4 Å². The zero-order valence-electron chi connectivity index (χ0n) is 14.3. The summed E-state index contributed by atoms with van der Waals surface area (Å²) in [6.45, 7) is 6.29. The number of pyridine rings is 1. The Hall–Kier alpha value is -2.41. The molecule has 0 spiro atoms. The molecule has 0 bridgehead atoms. The lowest BCUT2D eigenvalue weighted by molar-refractivity contribution is -0.127. The summed E-state index contributed by atoms with van der Waals surface area (Å²) in [6, 6.07) is 1.26. The van der Waals surface area contributed by atoms with Gasteiger partial charge in [-0.3, -0.25) is 14.4 Å². The average Bonchev–Trinajstić information content (AvgIpc) is 3.04. The number of hydrogen-bond acceptors (Lipinski definition) is 4. The topological polar surface area (TPSA) is 114 Å². The number of carbonyl (C=O) groups excluding carboxylic acids is 2. The number of aromatic amines is 1. The van der Waals surface area contributed by atoms with Crippen molar-refractivity contribution >= 4 is 11.8 Å². The molecule has 1 saturated heterocycles. The molecule has 0 aromatic carbocycles. The van der Waals surface area contributed by atoms with Crippen molar-refractivity contribution in [1.29, 1.82) is 0 Å². The van der Waals surface area contributed by atoms with Gasteiger partial charge in [0.1, 0.15) is 5.56 Å². The van der Waals surface area contributed by atoms with Crippen molar-refractivity contribution in [1.82, 2.24) is 10.3 Å². The van der Waals surface area contributed by atoms with Crippen LogP contribution in [0.3, 0.4) is 0 Å². The number of aromatic nitrogens is 1. The van der Waals surface area contributed by atoms with Gasteiger partial charge >= 0.3 is 0 Å². The van der Waals surface area contributed by atoms with Crippen molar-refractivity contribution in [2.45, 2.75) is 44.8 Å². The van der Waals surface area contributed by atoms with Crippen LogP contribution in [0, 0.1) is 5.92 Å². The Balaban J connectivity index is 1.84. The fourth-order valence-corrected chi connectivity index (χ4v) is 3.70. The molecule has 0 saturated carbocycles. The second-order valence-corrected chi connectivity index (χ2v) is 6.80. The molecule has 1 aliphatic heterocycles. The maximum Gasteiger partial charge on any atom is 0.261 e.